The van der Waals surface area contributed by atoms with Gasteiger partial charge in [0.15, 0.2) is 6.10 Å². The molecule has 0 aromatic heterocycles. The van der Waals surface area contributed by atoms with Gasteiger partial charge >= 0.3 is 6.18 Å². The van der Waals surface area contributed by atoms with Crippen LogP contribution in [0.1, 0.15) is 11.6 Å². The van der Waals surface area contributed by atoms with Crippen molar-refractivity contribution in [2.24, 2.45) is 5.73 Å². The van der Waals surface area contributed by atoms with Crippen molar-refractivity contribution in [1.82, 2.24) is 0 Å². The van der Waals surface area contributed by atoms with Crippen LogP contribution in [-0.4, -0.2) is 36.7 Å². The standard InChI is InChI=1S/C11H14F3NO4/c1-18-6-3-5(16)4-7(19-2)8(6)9(15)10(17)11(12,13)14/h3-4,9-10,16-17H,15H2,1-2H3/t9-,10-/m0/s1. The Kier molecular flexibility index (Phi) is 4.48. The second kappa shape index (κ2) is 5.54. The first-order valence-corrected chi connectivity index (χ1v) is 5.17. The van der Waals surface area contributed by atoms with Crippen LogP contribution in [0.2, 0.25) is 0 Å². The number of methoxy groups -OCH3 is 2. The molecular weight excluding hydrogens is 267 g/mol. The molecule has 1 rings (SSSR count). The van der Waals surface area contributed by atoms with Crippen LogP contribution in [0.25, 0.3) is 0 Å². The van der Waals surface area contributed by atoms with Crippen molar-refractivity contribution in [3.63, 3.8) is 0 Å². The Labute approximate surface area is 107 Å². The minimum Gasteiger partial charge on any atom is -0.508 e. The fraction of sp³-hybridized carbons (Fsp3) is 0.455. The van der Waals surface area contributed by atoms with E-state index in [1.54, 1.807) is 0 Å². The molecule has 0 radical (unpaired) electrons. The highest BCUT2D eigenvalue weighted by molar-refractivity contribution is 5.52. The lowest BCUT2D eigenvalue weighted by atomic mass is 9.99. The largest absolute Gasteiger partial charge is 0.508 e. The first-order chi connectivity index (χ1) is 8.72. The van der Waals surface area contributed by atoms with Gasteiger partial charge in [-0.1, -0.05) is 0 Å². The summed E-state index contributed by atoms with van der Waals surface area (Å²) in [5, 5.41) is 18.6. The van der Waals surface area contributed by atoms with E-state index >= 15 is 0 Å². The smallest absolute Gasteiger partial charge is 0.416 e. The first kappa shape index (κ1) is 15.4. The summed E-state index contributed by atoms with van der Waals surface area (Å²) in [7, 11) is 2.40. The molecule has 0 bridgehead atoms. The van der Waals surface area contributed by atoms with Crippen LogP contribution in [0.5, 0.6) is 17.2 Å². The normalized spacial score (nSPS) is 14.9. The van der Waals surface area contributed by atoms with Crippen molar-refractivity contribution < 1.29 is 32.9 Å². The molecule has 0 fully saturated rings. The van der Waals surface area contributed by atoms with Gasteiger partial charge in [0.05, 0.1) is 25.8 Å². The van der Waals surface area contributed by atoms with E-state index in [1.165, 1.54) is 14.2 Å². The van der Waals surface area contributed by atoms with E-state index in [1.807, 2.05) is 0 Å². The molecule has 0 spiro atoms. The average molecular weight is 281 g/mol. The number of aromatic hydroxyl groups is 1. The lowest BCUT2D eigenvalue weighted by Gasteiger charge is -2.24. The van der Waals surface area contributed by atoms with E-state index in [4.69, 9.17) is 15.2 Å². The molecule has 108 valence electrons. The molecule has 8 heteroatoms. The van der Waals surface area contributed by atoms with E-state index < -0.39 is 18.3 Å². The van der Waals surface area contributed by atoms with Gasteiger partial charge in [-0.25, -0.2) is 0 Å². The van der Waals surface area contributed by atoms with Crippen LogP contribution in [0.3, 0.4) is 0 Å². The monoisotopic (exact) mass is 281 g/mol. The van der Waals surface area contributed by atoms with Gasteiger partial charge < -0.3 is 25.4 Å². The van der Waals surface area contributed by atoms with Crippen LogP contribution in [0.4, 0.5) is 13.2 Å². The van der Waals surface area contributed by atoms with Gasteiger partial charge in [0.25, 0.3) is 0 Å². The Bertz CT molecular complexity index is 425. The lowest BCUT2D eigenvalue weighted by molar-refractivity contribution is -0.210. The third-order valence-electron chi connectivity index (χ3n) is 2.54. The van der Waals surface area contributed by atoms with Crippen molar-refractivity contribution in [2.45, 2.75) is 18.3 Å². The van der Waals surface area contributed by atoms with Gasteiger partial charge in [-0.2, -0.15) is 13.2 Å². The van der Waals surface area contributed by atoms with Gasteiger partial charge in [0.2, 0.25) is 0 Å². The Morgan fingerprint density at radius 1 is 1.16 bits per heavy atom. The molecule has 1 aromatic carbocycles. The van der Waals surface area contributed by atoms with Crippen molar-refractivity contribution in [3.8, 4) is 17.2 Å². The summed E-state index contributed by atoms with van der Waals surface area (Å²) in [5.74, 6) is -0.466. The number of nitrogens with two attached hydrogens (primary N) is 1. The number of phenolic OH excluding ortho intramolecular Hbond substituents is 1. The third-order valence-corrected chi connectivity index (χ3v) is 2.54. The Morgan fingerprint density at radius 3 is 1.89 bits per heavy atom. The highest BCUT2D eigenvalue weighted by Crippen LogP contribution is 2.40. The van der Waals surface area contributed by atoms with Gasteiger partial charge in [-0.05, 0) is 0 Å². The molecular formula is C11H14F3NO4. The van der Waals surface area contributed by atoms with Crippen LogP contribution in [0, 0.1) is 0 Å². The maximum absolute atomic E-state index is 12.5. The SMILES string of the molecule is COc1cc(O)cc(OC)c1[C@H](N)[C@H](O)C(F)(F)F. The minimum atomic E-state index is -4.88. The summed E-state index contributed by atoms with van der Waals surface area (Å²) in [6, 6.07) is 0.368. The number of halogens is 3. The lowest BCUT2D eigenvalue weighted by Crippen LogP contribution is -2.39. The summed E-state index contributed by atoms with van der Waals surface area (Å²) in [6.45, 7) is 0. The summed E-state index contributed by atoms with van der Waals surface area (Å²) in [6.07, 6.45) is -7.66. The molecule has 0 aliphatic heterocycles. The predicted octanol–water partition coefficient (Wildman–Crippen LogP) is 1.33. The number of benzene rings is 1. The number of aliphatic hydroxyl groups is 1. The molecule has 0 unspecified atom stereocenters. The third kappa shape index (κ3) is 3.21. The summed E-state index contributed by atoms with van der Waals surface area (Å²) < 4.78 is 47.1. The molecule has 5 nitrogen and oxygen atoms in total. The van der Waals surface area contributed by atoms with Crippen LogP contribution in [0.15, 0.2) is 12.1 Å². The maximum atomic E-state index is 12.5. The number of hydrogen-bond acceptors (Lipinski definition) is 5. The molecule has 0 aliphatic rings. The number of ether oxygens (including phenoxy) is 2. The molecule has 19 heavy (non-hydrogen) atoms. The molecule has 0 heterocycles. The van der Waals surface area contributed by atoms with Gasteiger partial charge in [-0.3, -0.25) is 0 Å². The van der Waals surface area contributed by atoms with Crippen molar-refractivity contribution in [1.29, 1.82) is 0 Å². The Hall–Kier alpha value is -1.67. The van der Waals surface area contributed by atoms with Crippen LogP contribution in [-0.2, 0) is 0 Å². The number of alkyl halides is 3. The fourth-order valence-electron chi connectivity index (χ4n) is 1.61. The quantitative estimate of drug-likeness (QED) is 0.775. The summed E-state index contributed by atoms with van der Waals surface area (Å²) >= 11 is 0. The van der Waals surface area contributed by atoms with Crippen LogP contribution < -0.4 is 15.2 Å². The number of rotatable bonds is 4. The Morgan fingerprint density at radius 2 is 1.58 bits per heavy atom. The molecule has 0 aliphatic carbocycles. The molecule has 1 aromatic rings. The minimum absolute atomic E-state index is 0.104. The fourth-order valence-corrected chi connectivity index (χ4v) is 1.61. The second-order valence-electron chi connectivity index (χ2n) is 3.78. The van der Waals surface area contributed by atoms with Gasteiger partial charge in [0, 0.05) is 12.1 Å². The average Bonchev–Trinajstić information content (AvgIpc) is 2.34. The van der Waals surface area contributed by atoms with Crippen molar-refractivity contribution >= 4 is 0 Å². The van der Waals surface area contributed by atoms with Gasteiger partial charge in [0.1, 0.15) is 17.2 Å². The Balaban J connectivity index is 3.32. The number of hydrogen-bond donors (Lipinski definition) is 3. The van der Waals surface area contributed by atoms with Crippen molar-refractivity contribution in [3.05, 3.63) is 17.7 Å². The molecule has 4 N–H and O–H groups in total. The topological polar surface area (TPSA) is 84.9 Å². The zero-order valence-electron chi connectivity index (χ0n) is 10.2. The molecule has 0 saturated carbocycles. The van der Waals surface area contributed by atoms with E-state index in [2.05, 4.69) is 0 Å². The van der Waals surface area contributed by atoms with Crippen LogP contribution >= 0.6 is 0 Å². The molecule has 0 saturated heterocycles. The van der Waals surface area contributed by atoms with E-state index in [0.717, 1.165) is 12.1 Å². The second-order valence-corrected chi connectivity index (χ2v) is 3.78. The van der Waals surface area contributed by atoms with E-state index in [0.29, 0.717) is 0 Å². The first-order valence-electron chi connectivity index (χ1n) is 5.17. The maximum Gasteiger partial charge on any atom is 0.416 e. The zero-order valence-corrected chi connectivity index (χ0v) is 10.2. The van der Waals surface area contributed by atoms with Gasteiger partial charge in [-0.15, -0.1) is 0 Å². The highest BCUT2D eigenvalue weighted by Gasteiger charge is 2.44. The summed E-state index contributed by atoms with van der Waals surface area (Å²) in [5.41, 5.74) is 5.24. The van der Waals surface area contributed by atoms with Crippen molar-refractivity contribution in [2.75, 3.05) is 14.2 Å². The summed E-state index contributed by atoms with van der Waals surface area (Å²) in [4.78, 5) is 0. The molecule has 2 atom stereocenters. The van der Waals surface area contributed by atoms with E-state index in [-0.39, 0.29) is 22.8 Å². The number of phenols is 1. The highest BCUT2D eigenvalue weighted by atomic mass is 19.4. The van der Waals surface area contributed by atoms with E-state index in [9.17, 15) is 23.4 Å². The predicted molar refractivity (Wildman–Crippen MR) is 60.2 cm³/mol. The number of aliphatic hydroxyl groups excluding tert-OH is 1. The zero-order chi connectivity index (χ0) is 14.8. The molecule has 0 amide bonds.